The molecule has 4 heteroatoms. The van der Waals surface area contributed by atoms with Gasteiger partial charge in [-0.3, -0.25) is 0 Å². The summed E-state index contributed by atoms with van der Waals surface area (Å²) in [6.45, 7) is 6.98. The van der Waals surface area contributed by atoms with Crippen molar-refractivity contribution in [3.8, 4) is 0 Å². The van der Waals surface area contributed by atoms with Crippen molar-refractivity contribution >= 4 is 0 Å². The highest BCUT2D eigenvalue weighted by molar-refractivity contribution is 4.69. The van der Waals surface area contributed by atoms with E-state index in [2.05, 4.69) is 24.2 Å². The summed E-state index contributed by atoms with van der Waals surface area (Å²) in [6, 6.07) is 0.481. The van der Waals surface area contributed by atoms with Crippen molar-refractivity contribution in [3.63, 3.8) is 0 Å². The molecule has 96 valence electrons. The van der Waals surface area contributed by atoms with Gasteiger partial charge in [0, 0.05) is 39.4 Å². The minimum atomic E-state index is 0.446. The first-order valence-electron chi connectivity index (χ1n) is 6.25. The summed E-state index contributed by atoms with van der Waals surface area (Å²) < 4.78 is 10.7. The SMILES string of the molecule is COCC(C)N(C)CCNCC1CCCO1. The molecule has 0 saturated carbocycles. The largest absolute Gasteiger partial charge is 0.383 e. The highest BCUT2D eigenvalue weighted by Crippen LogP contribution is 2.10. The summed E-state index contributed by atoms with van der Waals surface area (Å²) in [6.07, 6.45) is 2.88. The number of methoxy groups -OCH3 is 1. The Labute approximate surface area is 99.3 Å². The molecule has 1 N–H and O–H groups in total. The molecule has 0 amide bonds. The average Bonchev–Trinajstić information content (AvgIpc) is 2.77. The first-order valence-corrected chi connectivity index (χ1v) is 6.25. The van der Waals surface area contributed by atoms with Crippen molar-refractivity contribution in [2.75, 3.05) is 47.0 Å². The van der Waals surface area contributed by atoms with Gasteiger partial charge in [0.2, 0.25) is 0 Å². The molecule has 2 unspecified atom stereocenters. The molecule has 4 nitrogen and oxygen atoms in total. The Balaban J connectivity index is 1.97. The molecule has 1 rings (SSSR count). The van der Waals surface area contributed by atoms with Gasteiger partial charge in [-0.1, -0.05) is 0 Å². The van der Waals surface area contributed by atoms with E-state index < -0.39 is 0 Å². The minimum Gasteiger partial charge on any atom is -0.383 e. The maximum absolute atomic E-state index is 5.55. The maximum atomic E-state index is 5.55. The van der Waals surface area contributed by atoms with Gasteiger partial charge in [-0.2, -0.15) is 0 Å². The van der Waals surface area contributed by atoms with Gasteiger partial charge < -0.3 is 19.7 Å². The van der Waals surface area contributed by atoms with Crippen molar-refractivity contribution in [2.45, 2.75) is 31.9 Å². The number of hydrogen-bond donors (Lipinski definition) is 1. The summed E-state index contributed by atoms with van der Waals surface area (Å²) in [4.78, 5) is 2.31. The van der Waals surface area contributed by atoms with Crippen molar-refractivity contribution in [1.82, 2.24) is 10.2 Å². The van der Waals surface area contributed by atoms with E-state index in [0.29, 0.717) is 12.1 Å². The van der Waals surface area contributed by atoms with Crippen LogP contribution in [0.2, 0.25) is 0 Å². The molecule has 0 aromatic rings. The molecule has 1 aliphatic rings. The Bertz CT molecular complexity index is 172. The lowest BCUT2D eigenvalue weighted by molar-refractivity contribution is 0.104. The first kappa shape index (κ1) is 13.9. The van der Waals surface area contributed by atoms with Crippen LogP contribution in [-0.4, -0.2) is 64.1 Å². The minimum absolute atomic E-state index is 0.446. The number of nitrogens with zero attached hydrogens (tertiary/aromatic N) is 1. The van der Waals surface area contributed by atoms with Crippen molar-refractivity contribution in [3.05, 3.63) is 0 Å². The lowest BCUT2D eigenvalue weighted by Gasteiger charge is -2.24. The van der Waals surface area contributed by atoms with Gasteiger partial charge >= 0.3 is 0 Å². The smallest absolute Gasteiger partial charge is 0.0700 e. The predicted octanol–water partition coefficient (Wildman–Crippen LogP) is 0.722. The standard InChI is InChI=1S/C12H26N2O2/c1-11(10-15-3)14(2)7-6-13-9-12-5-4-8-16-12/h11-13H,4-10H2,1-3H3. The fourth-order valence-corrected chi connectivity index (χ4v) is 1.91. The second-order valence-corrected chi connectivity index (χ2v) is 4.62. The van der Waals surface area contributed by atoms with Crippen LogP contribution in [0.3, 0.4) is 0 Å². The number of ether oxygens (including phenoxy) is 2. The number of likely N-dealkylation sites (N-methyl/N-ethyl adjacent to an activating group) is 1. The summed E-state index contributed by atoms with van der Waals surface area (Å²) in [7, 11) is 3.89. The average molecular weight is 230 g/mol. The zero-order chi connectivity index (χ0) is 11.8. The van der Waals surface area contributed by atoms with E-state index in [1.54, 1.807) is 7.11 Å². The van der Waals surface area contributed by atoms with Crippen molar-refractivity contribution in [1.29, 1.82) is 0 Å². The molecule has 0 spiro atoms. The van der Waals surface area contributed by atoms with Crippen molar-refractivity contribution < 1.29 is 9.47 Å². The van der Waals surface area contributed by atoms with E-state index >= 15 is 0 Å². The molecule has 16 heavy (non-hydrogen) atoms. The van der Waals surface area contributed by atoms with E-state index in [4.69, 9.17) is 9.47 Å². The fourth-order valence-electron chi connectivity index (χ4n) is 1.91. The molecule has 0 radical (unpaired) electrons. The number of hydrogen-bond acceptors (Lipinski definition) is 4. The van der Waals surface area contributed by atoms with Crippen LogP contribution in [-0.2, 0) is 9.47 Å². The highest BCUT2D eigenvalue weighted by atomic mass is 16.5. The Kier molecular flexibility index (Phi) is 6.96. The Morgan fingerprint density at radius 1 is 1.56 bits per heavy atom. The molecule has 1 fully saturated rings. The van der Waals surface area contributed by atoms with Gasteiger partial charge in [0.15, 0.2) is 0 Å². The molecule has 1 heterocycles. The molecule has 1 aliphatic heterocycles. The lowest BCUT2D eigenvalue weighted by atomic mass is 10.2. The van der Waals surface area contributed by atoms with E-state index in [9.17, 15) is 0 Å². The third kappa shape index (κ3) is 5.25. The van der Waals surface area contributed by atoms with Crippen molar-refractivity contribution in [2.24, 2.45) is 0 Å². The third-order valence-electron chi connectivity index (χ3n) is 3.20. The van der Waals surface area contributed by atoms with E-state index in [1.807, 2.05) is 0 Å². The van der Waals surface area contributed by atoms with Crippen LogP contribution in [0, 0.1) is 0 Å². The van der Waals surface area contributed by atoms with E-state index in [1.165, 1.54) is 12.8 Å². The quantitative estimate of drug-likeness (QED) is 0.623. The summed E-state index contributed by atoms with van der Waals surface area (Å²) in [5.41, 5.74) is 0. The Morgan fingerprint density at radius 2 is 2.38 bits per heavy atom. The number of nitrogens with one attached hydrogen (secondary N) is 1. The highest BCUT2D eigenvalue weighted by Gasteiger charge is 2.14. The van der Waals surface area contributed by atoms with Crippen LogP contribution < -0.4 is 5.32 Å². The van der Waals surface area contributed by atoms with Gasteiger partial charge in [0.25, 0.3) is 0 Å². The number of rotatable bonds is 8. The molecular weight excluding hydrogens is 204 g/mol. The van der Waals surface area contributed by atoms with Crippen LogP contribution in [0.4, 0.5) is 0 Å². The summed E-state index contributed by atoms with van der Waals surface area (Å²) in [5, 5.41) is 3.45. The van der Waals surface area contributed by atoms with Gasteiger partial charge in [-0.25, -0.2) is 0 Å². The lowest BCUT2D eigenvalue weighted by Crippen LogP contribution is -2.39. The van der Waals surface area contributed by atoms with Crippen LogP contribution in [0.15, 0.2) is 0 Å². The van der Waals surface area contributed by atoms with Crippen LogP contribution in [0.1, 0.15) is 19.8 Å². The third-order valence-corrected chi connectivity index (χ3v) is 3.20. The normalized spacial score (nSPS) is 22.9. The monoisotopic (exact) mass is 230 g/mol. The molecule has 0 aromatic heterocycles. The molecular formula is C12H26N2O2. The van der Waals surface area contributed by atoms with E-state index in [-0.39, 0.29) is 0 Å². The zero-order valence-corrected chi connectivity index (χ0v) is 10.9. The van der Waals surface area contributed by atoms with Crippen LogP contribution >= 0.6 is 0 Å². The summed E-state index contributed by atoms with van der Waals surface area (Å²) >= 11 is 0. The molecule has 0 aromatic carbocycles. The second-order valence-electron chi connectivity index (χ2n) is 4.62. The van der Waals surface area contributed by atoms with Gasteiger partial charge in [0.05, 0.1) is 12.7 Å². The molecule has 0 bridgehead atoms. The van der Waals surface area contributed by atoms with Gasteiger partial charge in [-0.15, -0.1) is 0 Å². The molecule has 0 aliphatic carbocycles. The topological polar surface area (TPSA) is 33.7 Å². The molecule has 2 atom stereocenters. The fraction of sp³-hybridized carbons (Fsp3) is 1.00. The van der Waals surface area contributed by atoms with Crippen LogP contribution in [0.25, 0.3) is 0 Å². The first-order chi connectivity index (χ1) is 7.74. The van der Waals surface area contributed by atoms with E-state index in [0.717, 1.165) is 32.8 Å². The second kappa shape index (κ2) is 8.01. The summed E-state index contributed by atoms with van der Waals surface area (Å²) in [5.74, 6) is 0. The van der Waals surface area contributed by atoms with Crippen LogP contribution in [0.5, 0.6) is 0 Å². The Hall–Kier alpha value is -0.160. The Morgan fingerprint density at radius 3 is 3.00 bits per heavy atom. The molecule has 1 saturated heterocycles. The predicted molar refractivity (Wildman–Crippen MR) is 65.8 cm³/mol. The maximum Gasteiger partial charge on any atom is 0.0700 e. The zero-order valence-electron chi connectivity index (χ0n) is 10.9. The van der Waals surface area contributed by atoms with Gasteiger partial charge in [-0.05, 0) is 26.8 Å². The van der Waals surface area contributed by atoms with Gasteiger partial charge in [0.1, 0.15) is 0 Å².